The lowest BCUT2D eigenvalue weighted by molar-refractivity contribution is -0.120. The van der Waals surface area contributed by atoms with Crippen molar-refractivity contribution >= 4 is 28.5 Å². The van der Waals surface area contributed by atoms with Crippen molar-refractivity contribution in [3.63, 3.8) is 0 Å². The molecule has 1 aromatic heterocycles. The molecule has 0 unspecified atom stereocenters. The van der Waals surface area contributed by atoms with Crippen molar-refractivity contribution < 1.29 is 14.3 Å². The molecule has 5 rings (SSSR count). The molecule has 3 aromatic rings. The fraction of sp³-hybridized carbons (Fsp3) is 0.200. The van der Waals surface area contributed by atoms with Crippen LogP contribution >= 0.6 is 0 Å². The lowest BCUT2D eigenvalue weighted by Gasteiger charge is -2.26. The summed E-state index contributed by atoms with van der Waals surface area (Å²) >= 11 is 0. The largest absolute Gasteiger partial charge is 0.495 e. The zero-order valence-electron chi connectivity index (χ0n) is 14.2. The van der Waals surface area contributed by atoms with Crippen LogP contribution in [0.3, 0.4) is 0 Å². The molecule has 0 bridgehead atoms. The summed E-state index contributed by atoms with van der Waals surface area (Å²) in [6, 6.07) is 14.4. The first-order chi connectivity index (χ1) is 12.7. The lowest BCUT2D eigenvalue weighted by Crippen LogP contribution is -2.39. The Morgan fingerprint density at radius 3 is 2.69 bits per heavy atom. The van der Waals surface area contributed by atoms with Gasteiger partial charge in [-0.2, -0.15) is 0 Å². The Morgan fingerprint density at radius 2 is 1.85 bits per heavy atom. The number of amides is 3. The van der Waals surface area contributed by atoms with Crippen LogP contribution in [0.1, 0.15) is 11.3 Å². The van der Waals surface area contributed by atoms with E-state index in [1.54, 1.807) is 23.1 Å². The molecular weight excluding hydrogens is 330 g/mol. The number of H-pyrrole nitrogens is 1. The van der Waals surface area contributed by atoms with Gasteiger partial charge in [-0.25, -0.2) is 9.69 Å². The minimum absolute atomic E-state index is 0.199. The summed E-state index contributed by atoms with van der Waals surface area (Å²) in [6.45, 7) is 0.408. The number of hydrogen-bond acceptors (Lipinski definition) is 3. The molecule has 1 atom stereocenters. The summed E-state index contributed by atoms with van der Waals surface area (Å²) in [5, 5.41) is 1.12. The number of fused-ring (bicyclic) bond motifs is 4. The average Bonchev–Trinajstić information content (AvgIpc) is 3.15. The van der Waals surface area contributed by atoms with Crippen LogP contribution in [0, 0.1) is 0 Å². The highest BCUT2D eigenvalue weighted by Gasteiger charge is 2.49. The molecule has 26 heavy (non-hydrogen) atoms. The van der Waals surface area contributed by atoms with E-state index < -0.39 is 6.04 Å². The fourth-order valence-electron chi connectivity index (χ4n) is 4.04. The molecule has 1 N–H and O–H groups in total. The minimum Gasteiger partial charge on any atom is -0.495 e. The molecule has 130 valence electrons. The van der Waals surface area contributed by atoms with Crippen molar-refractivity contribution in [3.8, 4) is 5.75 Å². The van der Waals surface area contributed by atoms with Crippen LogP contribution < -0.4 is 9.64 Å². The molecule has 6 heteroatoms. The van der Waals surface area contributed by atoms with E-state index in [2.05, 4.69) is 11.1 Å². The van der Waals surface area contributed by atoms with Crippen LogP contribution in [-0.2, 0) is 17.8 Å². The number of aromatic nitrogens is 1. The first-order valence-electron chi connectivity index (χ1n) is 8.55. The number of para-hydroxylation sites is 3. The number of ether oxygens (including phenoxy) is 1. The number of methoxy groups -OCH3 is 1. The number of anilines is 1. The van der Waals surface area contributed by atoms with Gasteiger partial charge in [0.1, 0.15) is 11.8 Å². The first-order valence-corrected chi connectivity index (χ1v) is 8.55. The Kier molecular flexibility index (Phi) is 3.09. The molecule has 6 nitrogen and oxygen atoms in total. The zero-order chi connectivity index (χ0) is 17.8. The Morgan fingerprint density at radius 1 is 1.08 bits per heavy atom. The predicted octanol–water partition coefficient (Wildman–Crippen LogP) is 3.07. The highest BCUT2D eigenvalue weighted by molar-refractivity contribution is 6.22. The van der Waals surface area contributed by atoms with Gasteiger partial charge >= 0.3 is 6.03 Å². The highest BCUT2D eigenvalue weighted by Crippen LogP contribution is 2.38. The molecule has 3 heterocycles. The molecule has 0 radical (unpaired) electrons. The summed E-state index contributed by atoms with van der Waals surface area (Å²) in [5.41, 5.74) is 3.67. The van der Waals surface area contributed by atoms with Crippen LogP contribution in [0.4, 0.5) is 10.5 Å². The summed E-state index contributed by atoms with van der Waals surface area (Å²) in [6.07, 6.45) is 0.523. The lowest BCUT2D eigenvalue weighted by atomic mass is 9.97. The third kappa shape index (κ3) is 1.92. The van der Waals surface area contributed by atoms with Gasteiger partial charge in [0.15, 0.2) is 0 Å². The van der Waals surface area contributed by atoms with Crippen molar-refractivity contribution in [2.75, 3.05) is 12.0 Å². The normalized spacial score (nSPS) is 19.0. The highest BCUT2D eigenvalue weighted by atomic mass is 16.5. The smallest absolute Gasteiger partial charge is 0.332 e. The van der Waals surface area contributed by atoms with Gasteiger partial charge in [0.2, 0.25) is 0 Å². The average molecular weight is 347 g/mol. The number of nitrogens with one attached hydrogen (secondary N) is 1. The Hall–Kier alpha value is -3.28. The second-order valence-corrected chi connectivity index (χ2v) is 6.60. The number of benzene rings is 2. The van der Waals surface area contributed by atoms with Gasteiger partial charge in [0, 0.05) is 23.0 Å². The summed E-state index contributed by atoms with van der Waals surface area (Å²) in [4.78, 5) is 32.4. The molecule has 2 aromatic carbocycles. The Labute approximate surface area is 150 Å². The maximum absolute atomic E-state index is 13.1. The molecule has 1 saturated heterocycles. The minimum atomic E-state index is -0.473. The number of carbonyl (C=O) groups is 2. The van der Waals surface area contributed by atoms with Gasteiger partial charge in [-0.1, -0.05) is 30.3 Å². The van der Waals surface area contributed by atoms with E-state index in [1.165, 1.54) is 12.0 Å². The molecule has 0 spiro atoms. The third-order valence-electron chi connectivity index (χ3n) is 5.27. The van der Waals surface area contributed by atoms with Gasteiger partial charge in [-0.15, -0.1) is 0 Å². The van der Waals surface area contributed by atoms with Crippen molar-refractivity contribution in [2.45, 2.75) is 19.0 Å². The van der Waals surface area contributed by atoms with Gasteiger partial charge in [-0.3, -0.25) is 4.79 Å². The molecule has 2 aliphatic rings. The van der Waals surface area contributed by atoms with E-state index >= 15 is 0 Å². The maximum atomic E-state index is 13.1. The summed E-state index contributed by atoms with van der Waals surface area (Å²) < 4.78 is 5.34. The van der Waals surface area contributed by atoms with E-state index in [4.69, 9.17) is 4.74 Å². The second-order valence-electron chi connectivity index (χ2n) is 6.60. The topological polar surface area (TPSA) is 65.6 Å². The maximum Gasteiger partial charge on any atom is 0.332 e. The number of rotatable bonds is 2. The standard InChI is InChI=1S/C20H17N3O3/c1-26-18-9-5-4-8-16(18)23-19(24)17-10-13-12-6-2-3-7-14(12)21-15(13)11-22(17)20(23)25/h2-9,17,21H,10-11H2,1H3/t17-/m1/s1. The van der Waals surface area contributed by atoms with Gasteiger partial charge in [0.05, 0.1) is 19.3 Å². The quantitative estimate of drug-likeness (QED) is 0.725. The van der Waals surface area contributed by atoms with Crippen LogP contribution in [0.15, 0.2) is 48.5 Å². The second kappa shape index (κ2) is 5.36. The van der Waals surface area contributed by atoms with Crippen LogP contribution in [0.25, 0.3) is 10.9 Å². The van der Waals surface area contributed by atoms with Crippen LogP contribution in [0.5, 0.6) is 5.75 Å². The number of carbonyl (C=O) groups excluding carboxylic acids is 2. The van der Waals surface area contributed by atoms with E-state index in [0.29, 0.717) is 24.4 Å². The molecular formula is C20H17N3O3. The molecule has 3 amide bonds. The van der Waals surface area contributed by atoms with E-state index in [-0.39, 0.29) is 11.9 Å². The number of nitrogens with zero attached hydrogens (tertiary/aromatic N) is 2. The zero-order valence-corrected chi connectivity index (χ0v) is 14.2. The van der Waals surface area contributed by atoms with Gasteiger partial charge in [-0.05, 0) is 23.8 Å². The number of imide groups is 1. The van der Waals surface area contributed by atoms with E-state index in [9.17, 15) is 9.59 Å². The van der Waals surface area contributed by atoms with Crippen LogP contribution in [-0.4, -0.2) is 35.0 Å². The van der Waals surface area contributed by atoms with Gasteiger partial charge < -0.3 is 14.6 Å². The molecule has 1 fully saturated rings. The monoisotopic (exact) mass is 347 g/mol. The van der Waals surface area contributed by atoms with Crippen molar-refractivity contribution in [2.24, 2.45) is 0 Å². The predicted molar refractivity (Wildman–Crippen MR) is 97.2 cm³/mol. The summed E-state index contributed by atoms with van der Waals surface area (Å²) in [7, 11) is 1.54. The number of urea groups is 1. The third-order valence-corrected chi connectivity index (χ3v) is 5.27. The molecule has 2 aliphatic heterocycles. The van der Waals surface area contributed by atoms with E-state index in [0.717, 1.165) is 22.2 Å². The van der Waals surface area contributed by atoms with E-state index in [1.807, 2.05) is 24.3 Å². The molecule has 0 saturated carbocycles. The Balaban J connectivity index is 1.57. The first kappa shape index (κ1) is 15.0. The van der Waals surface area contributed by atoms with Crippen molar-refractivity contribution in [3.05, 3.63) is 59.8 Å². The Bertz CT molecular complexity index is 1060. The van der Waals surface area contributed by atoms with Gasteiger partial charge in [0.25, 0.3) is 5.91 Å². The number of hydrogen-bond donors (Lipinski definition) is 1. The van der Waals surface area contributed by atoms with Crippen LogP contribution in [0.2, 0.25) is 0 Å². The van der Waals surface area contributed by atoms with Crippen molar-refractivity contribution in [1.82, 2.24) is 9.88 Å². The fourth-order valence-corrected chi connectivity index (χ4v) is 4.04. The number of aromatic amines is 1. The van der Waals surface area contributed by atoms with Crippen molar-refractivity contribution in [1.29, 1.82) is 0 Å². The summed E-state index contributed by atoms with van der Waals surface area (Å²) in [5.74, 6) is 0.313. The molecule has 0 aliphatic carbocycles. The SMILES string of the molecule is COc1ccccc1N1C(=O)[C@H]2Cc3c([nH]c4ccccc34)CN2C1=O.